The number of allylic oxidation sites excluding steroid dienone is 1. The first-order valence-corrected chi connectivity index (χ1v) is 13.3. The maximum Gasteiger partial charge on any atom is 0.338 e. The van der Waals surface area contributed by atoms with E-state index in [9.17, 15) is 14.4 Å². The van der Waals surface area contributed by atoms with Crippen LogP contribution in [0.1, 0.15) is 51.8 Å². The fourth-order valence-corrected chi connectivity index (χ4v) is 5.36. The van der Waals surface area contributed by atoms with Crippen molar-refractivity contribution in [2.75, 3.05) is 13.7 Å². The summed E-state index contributed by atoms with van der Waals surface area (Å²) in [5, 5.41) is 0. The fourth-order valence-electron chi connectivity index (χ4n) is 4.32. The van der Waals surface area contributed by atoms with Crippen molar-refractivity contribution in [2.45, 2.75) is 46.8 Å². The number of carbonyl (C=O) groups is 2. The molecule has 0 fully saturated rings. The lowest BCUT2D eigenvalue weighted by molar-refractivity contribution is -0.139. The third kappa shape index (κ3) is 5.80. The van der Waals surface area contributed by atoms with Crippen LogP contribution in [0.4, 0.5) is 0 Å². The molecule has 4 rings (SSSR count). The average Bonchev–Trinajstić information content (AvgIpc) is 3.18. The number of fused-ring (bicyclic) bond motifs is 1. The molecule has 0 N–H and O–H groups in total. The molecule has 0 radical (unpaired) electrons. The SMILES string of the molecule is CCOC(=O)C1=C(C)N=c2s/c(=C/c3ccc(OC(C)=O)c(OC)c3)c(=O)n2[C@@H]1c1ccccc1OC(C)C. The highest BCUT2D eigenvalue weighted by Crippen LogP contribution is 2.36. The summed E-state index contributed by atoms with van der Waals surface area (Å²) in [6.07, 6.45) is 1.59. The molecule has 1 aromatic heterocycles. The van der Waals surface area contributed by atoms with Crippen LogP contribution in [0, 0.1) is 0 Å². The van der Waals surface area contributed by atoms with Crippen molar-refractivity contribution >= 4 is 29.4 Å². The molecule has 1 aliphatic rings. The zero-order valence-electron chi connectivity index (χ0n) is 22.6. The Labute approximate surface area is 229 Å². The Morgan fingerprint density at radius 3 is 2.54 bits per heavy atom. The van der Waals surface area contributed by atoms with E-state index in [1.54, 1.807) is 38.1 Å². The van der Waals surface area contributed by atoms with Crippen LogP contribution in [0.15, 0.2) is 63.5 Å². The van der Waals surface area contributed by atoms with E-state index in [1.165, 1.54) is 29.9 Å². The molecule has 10 heteroatoms. The second-order valence-corrected chi connectivity index (χ2v) is 10.0. The van der Waals surface area contributed by atoms with Crippen LogP contribution >= 0.6 is 11.3 Å². The van der Waals surface area contributed by atoms with Crippen LogP contribution in [0.3, 0.4) is 0 Å². The largest absolute Gasteiger partial charge is 0.493 e. The number of esters is 2. The molecule has 39 heavy (non-hydrogen) atoms. The zero-order valence-corrected chi connectivity index (χ0v) is 23.5. The van der Waals surface area contributed by atoms with E-state index < -0.39 is 18.0 Å². The summed E-state index contributed by atoms with van der Waals surface area (Å²) in [4.78, 5) is 43.5. The summed E-state index contributed by atoms with van der Waals surface area (Å²) in [7, 11) is 1.47. The minimum absolute atomic E-state index is 0.122. The number of ether oxygens (including phenoxy) is 4. The van der Waals surface area contributed by atoms with Crippen molar-refractivity contribution in [3.8, 4) is 17.2 Å². The van der Waals surface area contributed by atoms with Crippen molar-refractivity contribution in [1.82, 2.24) is 4.57 Å². The molecule has 204 valence electrons. The molecule has 0 unspecified atom stereocenters. The molecule has 0 spiro atoms. The third-order valence-electron chi connectivity index (χ3n) is 5.83. The van der Waals surface area contributed by atoms with Crippen LogP contribution in [0.2, 0.25) is 0 Å². The summed E-state index contributed by atoms with van der Waals surface area (Å²) in [5.74, 6) is 0.186. The summed E-state index contributed by atoms with van der Waals surface area (Å²) in [6, 6.07) is 11.6. The van der Waals surface area contributed by atoms with Crippen molar-refractivity contribution < 1.29 is 28.5 Å². The van der Waals surface area contributed by atoms with Gasteiger partial charge in [0.25, 0.3) is 5.56 Å². The predicted molar refractivity (Wildman–Crippen MR) is 147 cm³/mol. The van der Waals surface area contributed by atoms with Crippen LogP contribution in [-0.2, 0) is 14.3 Å². The van der Waals surface area contributed by atoms with Crippen molar-refractivity contribution in [1.29, 1.82) is 0 Å². The Bertz CT molecular complexity index is 1630. The van der Waals surface area contributed by atoms with Gasteiger partial charge < -0.3 is 18.9 Å². The first-order valence-electron chi connectivity index (χ1n) is 12.5. The third-order valence-corrected chi connectivity index (χ3v) is 6.82. The quantitative estimate of drug-likeness (QED) is 0.312. The highest BCUT2D eigenvalue weighted by molar-refractivity contribution is 7.07. The van der Waals surface area contributed by atoms with Gasteiger partial charge in [0.15, 0.2) is 16.3 Å². The van der Waals surface area contributed by atoms with Gasteiger partial charge in [-0.1, -0.05) is 35.6 Å². The highest BCUT2D eigenvalue weighted by atomic mass is 32.1. The number of carbonyl (C=O) groups excluding carboxylic acids is 2. The number of aromatic nitrogens is 1. The molecule has 2 heterocycles. The van der Waals surface area contributed by atoms with E-state index in [1.807, 2.05) is 38.1 Å². The Morgan fingerprint density at radius 1 is 1.13 bits per heavy atom. The highest BCUT2D eigenvalue weighted by Gasteiger charge is 2.35. The van der Waals surface area contributed by atoms with Crippen LogP contribution in [-0.4, -0.2) is 36.3 Å². The summed E-state index contributed by atoms with van der Waals surface area (Å²) < 4.78 is 23.9. The van der Waals surface area contributed by atoms with Gasteiger partial charge in [-0.2, -0.15) is 0 Å². The molecule has 2 aromatic carbocycles. The number of hydrogen-bond donors (Lipinski definition) is 0. The summed E-state index contributed by atoms with van der Waals surface area (Å²) in [6.45, 7) is 8.78. The van der Waals surface area contributed by atoms with E-state index in [0.29, 0.717) is 37.7 Å². The predicted octanol–water partition coefficient (Wildman–Crippen LogP) is 3.52. The van der Waals surface area contributed by atoms with E-state index in [2.05, 4.69) is 4.99 Å². The normalized spacial score (nSPS) is 15.1. The van der Waals surface area contributed by atoms with E-state index in [0.717, 1.165) is 0 Å². The maximum absolute atomic E-state index is 13.9. The van der Waals surface area contributed by atoms with Gasteiger partial charge in [-0.3, -0.25) is 14.2 Å². The second kappa shape index (κ2) is 11.7. The molecule has 0 amide bonds. The Balaban J connectivity index is 1.93. The van der Waals surface area contributed by atoms with Crippen molar-refractivity contribution in [3.05, 3.63) is 84.5 Å². The molecule has 1 aliphatic heterocycles. The number of para-hydroxylation sites is 1. The first-order chi connectivity index (χ1) is 18.6. The lowest BCUT2D eigenvalue weighted by Gasteiger charge is -2.26. The molecular weight excluding hydrogens is 520 g/mol. The van der Waals surface area contributed by atoms with Crippen LogP contribution < -0.4 is 29.1 Å². The smallest absolute Gasteiger partial charge is 0.338 e. The van der Waals surface area contributed by atoms with Gasteiger partial charge in [-0.15, -0.1) is 0 Å². The molecule has 3 aromatic rings. The van der Waals surface area contributed by atoms with E-state index >= 15 is 0 Å². The molecule has 0 aliphatic carbocycles. The second-order valence-electron chi connectivity index (χ2n) is 9.01. The first kappa shape index (κ1) is 27.8. The zero-order chi connectivity index (χ0) is 28.3. The molecular formula is C29H30N2O7S. The van der Waals surface area contributed by atoms with Gasteiger partial charge >= 0.3 is 11.9 Å². The van der Waals surface area contributed by atoms with Gasteiger partial charge in [0.1, 0.15) is 11.8 Å². The maximum atomic E-state index is 13.9. The van der Waals surface area contributed by atoms with Gasteiger partial charge in [0.05, 0.1) is 35.6 Å². The Morgan fingerprint density at radius 2 is 1.87 bits per heavy atom. The monoisotopic (exact) mass is 550 g/mol. The number of methoxy groups -OCH3 is 1. The fraction of sp³-hybridized carbons (Fsp3) is 0.310. The summed E-state index contributed by atoms with van der Waals surface area (Å²) >= 11 is 1.21. The van der Waals surface area contributed by atoms with Gasteiger partial charge in [0, 0.05) is 12.5 Å². The van der Waals surface area contributed by atoms with E-state index in [-0.39, 0.29) is 29.6 Å². The summed E-state index contributed by atoms with van der Waals surface area (Å²) in [5.41, 5.74) is 1.75. The number of benzene rings is 2. The van der Waals surface area contributed by atoms with Gasteiger partial charge in [-0.05, 0) is 57.5 Å². The van der Waals surface area contributed by atoms with Crippen molar-refractivity contribution in [3.63, 3.8) is 0 Å². The van der Waals surface area contributed by atoms with E-state index in [4.69, 9.17) is 18.9 Å². The number of nitrogens with zero attached hydrogens (tertiary/aromatic N) is 2. The lowest BCUT2D eigenvalue weighted by Crippen LogP contribution is -2.40. The minimum atomic E-state index is -0.793. The molecule has 9 nitrogen and oxygen atoms in total. The van der Waals surface area contributed by atoms with Gasteiger partial charge in [-0.25, -0.2) is 9.79 Å². The number of thiazole rings is 1. The Kier molecular flexibility index (Phi) is 8.35. The lowest BCUT2D eigenvalue weighted by atomic mass is 9.95. The Hall–Kier alpha value is -4.18. The number of hydrogen-bond acceptors (Lipinski definition) is 9. The van der Waals surface area contributed by atoms with Crippen LogP contribution in [0.25, 0.3) is 6.08 Å². The van der Waals surface area contributed by atoms with Crippen LogP contribution in [0.5, 0.6) is 17.2 Å². The topological polar surface area (TPSA) is 105 Å². The van der Waals surface area contributed by atoms with Gasteiger partial charge in [0.2, 0.25) is 0 Å². The molecule has 0 saturated carbocycles. The molecule has 0 saturated heterocycles. The standard InChI is InChI=1S/C29H30N2O7S/c1-7-36-28(34)25-17(4)30-29-31(26(25)20-10-8-9-11-21(20)37-16(2)3)27(33)24(39-29)15-19-12-13-22(38-18(5)32)23(14-19)35-6/h8-16,26H,7H2,1-6H3/b24-15+/t26-/m1/s1. The number of rotatable bonds is 8. The molecule has 1 atom stereocenters. The average molecular weight is 551 g/mol. The van der Waals surface area contributed by atoms with Crippen molar-refractivity contribution in [2.24, 2.45) is 4.99 Å². The minimum Gasteiger partial charge on any atom is -0.493 e. The molecule has 0 bridgehead atoms.